The number of nitrogen functional groups attached to an aromatic ring is 1. The van der Waals surface area contributed by atoms with Crippen molar-refractivity contribution in [3.8, 4) is 5.75 Å². The molecule has 0 amide bonds. The van der Waals surface area contributed by atoms with Crippen LogP contribution in [0, 0.1) is 5.82 Å². The zero-order valence-corrected chi connectivity index (χ0v) is 11.0. The van der Waals surface area contributed by atoms with Crippen LogP contribution in [0.5, 0.6) is 5.75 Å². The van der Waals surface area contributed by atoms with Crippen molar-refractivity contribution >= 4 is 23.3 Å². The Morgan fingerprint density at radius 2 is 2.10 bits per heavy atom. The maximum Gasteiger partial charge on any atom is 0.341 e. The first kappa shape index (κ1) is 14.1. The molecule has 0 saturated heterocycles. The number of carboxylic acid groups (broad SMARTS) is 1. The van der Waals surface area contributed by atoms with Gasteiger partial charge in [-0.05, 0) is 29.8 Å². The minimum absolute atomic E-state index is 0.0117. The van der Waals surface area contributed by atoms with Gasteiger partial charge in [-0.25, -0.2) is 9.18 Å². The van der Waals surface area contributed by atoms with Gasteiger partial charge in [0.15, 0.2) is 0 Å². The summed E-state index contributed by atoms with van der Waals surface area (Å²) in [5.74, 6) is -1.60. The monoisotopic (exact) mass is 295 g/mol. The molecule has 4 nitrogen and oxygen atoms in total. The van der Waals surface area contributed by atoms with Crippen molar-refractivity contribution in [1.82, 2.24) is 0 Å². The second-order valence-electron chi connectivity index (χ2n) is 4.06. The van der Waals surface area contributed by atoms with E-state index in [2.05, 4.69) is 0 Å². The van der Waals surface area contributed by atoms with Crippen LogP contribution in [0.2, 0.25) is 5.02 Å². The van der Waals surface area contributed by atoms with Crippen LogP contribution >= 0.6 is 11.6 Å². The van der Waals surface area contributed by atoms with Crippen LogP contribution in [-0.2, 0) is 6.61 Å². The highest BCUT2D eigenvalue weighted by atomic mass is 35.5. The first-order valence-electron chi connectivity index (χ1n) is 5.67. The summed E-state index contributed by atoms with van der Waals surface area (Å²) in [6.45, 7) is 0.0117. The minimum atomic E-state index is -1.18. The average molecular weight is 296 g/mol. The van der Waals surface area contributed by atoms with Crippen molar-refractivity contribution in [3.05, 3.63) is 58.4 Å². The van der Waals surface area contributed by atoms with Gasteiger partial charge in [-0.15, -0.1) is 0 Å². The molecule has 2 rings (SSSR count). The lowest BCUT2D eigenvalue weighted by Gasteiger charge is -2.11. The molecule has 0 aliphatic heterocycles. The number of carboxylic acids is 1. The summed E-state index contributed by atoms with van der Waals surface area (Å²) >= 11 is 5.58. The SMILES string of the molecule is Nc1cccc(OCc2ccc(Cl)c(F)c2)c1C(=O)O. The Bertz CT molecular complexity index is 661. The normalized spacial score (nSPS) is 10.3. The molecule has 6 heteroatoms. The molecule has 20 heavy (non-hydrogen) atoms. The molecule has 3 N–H and O–H groups in total. The molecule has 0 bridgehead atoms. The van der Waals surface area contributed by atoms with Crippen molar-refractivity contribution in [1.29, 1.82) is 0 Å². The fraction of sp³-hybridized carbons (Fsp3) is 0.0714. The molecule has 0 saturated carbocycles. The molecule has 0 aliphatic rings. The number of rotatable bonds is 4. The number of hydrogen-bond donors (Lipinski definition) is 2. The molecule has 104 valence electrons. The maximum absolute atomic E-state index is 13.3. The van der Waals surface area contributed by atoms with Gasteiger partial charge < -0.3 is 15.6 Å². The van der Waals surface area contributed by atoms with Gasteiger partial charge in [-0.3, -0.25) is 0 Å². The van der Waals surface area contributed by atoms with Gasteiger partial charge in [0.25, 0.3) is 0 Å². The summed E-state index contributed by atoms with van der Waals surface area (Å²) in [5.41, 5.74) is 6.13. The Morgan fingerprint density at radius 3 is 2.75 bits per heavy atom. The number of nitrogens with two attached hydrogens (primary N) is 1. The third-order valence-electron chi connectivity index (χ3n) is 2.65. The van der Waals surface area contributed by atoms with Crippen LogP contribution in [0.15, 0.2) is 36.4 Å². The minimum Gasteiger partial charge on any atom is -0.488 e. The van der Waals surface area contributed by atoms with E-state index in [0.29, 0.717) is 5.56 Å². The number of aromatic carboxylic acids is 1. The lowest BCUT2D eigenvalue weighted by Crippen LogP contribution is -2.07. The highest BCUT2D eigenvalue weighted by molar-refractivity contribution is 6.30. The van der Waals surface area contributed by atoms with Gasteiger partial charge in [0.05, 0.1) is 5.02 Å². The standard InChI is InChI=1S/C14H11ClFNO3/c15-9-5-4-8(6-10(9)16)7-20-12-3-1-2-11(17)13(12)14(18)19/h1-6H,7,17H2,(H,18,19). The van der Waals surface area contributed by atoms with Gasteiger partial charge in [-0.1, -0.05) is 23.7 Å². The summed E-state index contributed by atoms with van der Waals surface area (Å²) in [6.07, 6.45) is 0. The molecule has 2 aromatic rings. The second-order valence-corrected chi connectivity index (χ2v) is 4.47. The summed E-state index contributed by atoms with van der Waals surface area (Å²) in [7, 11) is 0. The molecule has 2 aromatic carbocycles. The zero-order chi connectivity index (χ0) is 14.7. The van der Waals surface area contributed by atoms with Gasteiger partial charge >= 0.3 is 5.97 Å². The first-order chi connectivity index (χ1) is 9.49. The van der Waals surface area contributed by atoms with Gasteiger partial charge in [0.2, 0.25) is 0 Å². The zero-order valence-electron chi connectivity index (χ0n) is 10.3. The van der Waals surface area contributed by atoms with Crippen LogP contribution in [0.25, 0.3) is 0 Å². The quantitative estimate of drug-likeness (QED) is 0.849. The smallest absolute Gasteiger partial charge is 0.341 e. The Kier molecular flexibility index (Phi) is 4.10. The molecule has 0 spiro atoms. The highest BCUT2D eigenvalue weighted by Crippen LogP contribution is 2.25. The molecule has 0 radical (unpaired) electrons. The van der Waals surface area contributed by atoms with E-state index in [-0.39, 0.29) is 28.6 Å². The maximum atomic E-state index is 13.3. The number of anilines is 1. The summed E-state index contributed by atoms with van der Waals surface area (Å²) in [4.78, 5) is 11.1. The summed E-state index contributed by atoms with van der Waals surface area (Å²) in [5, 5.41) is 9.10. The van der Waals surface area contributed by atoms with Gasteiger partial charge in [0, 0.05) is 5.69 Å². The van der Waals surface area contributed by atoms with Crippen LogP contribution < -0.4 is 10.5 Å². The molecule has 0 aliphatic carbocycles. The predicted octanol–water partition coefficient (Wildman–Crippen LogP) is 3.34. The third kappa shape index (κ3) is 3.00. The van der Waals surface area contributed by atoms with Gasteiger partial charge in [-0.2, -0.15) is 0 Å². The molecule has 0 atom stereocenters. The summed E-state index contributed by atoms with van der Waals surface area (Å²) in [6, 6.07) is 8.78. The van der Waals surface area contributed by atoms with Crippen molar-refractivity contribution < 1.29 is 19.0 Å². The van der Waals surface area contributed by atoms with Crippen LogP contribution in [0.1, 0.15) is 15.9 Å². The van der Waals surface area contributed by atoms with Crippen molar-refractivity contribution in [2.24, 2.45) is 0 Å². The van der Waals surface area contributed by atoms with E-state index >= 15 is 0 Å². The van der Waals surface area contributed by atoms with E-state index in [9.17, 15) is 9.18 Å². The fourth-order valence-electron chi connectivity index (χ4n) is 1.69. The van der Waals surface area contributed by atoms with Crippen LogP contribution in [0.4, 0.5) is 10.1 Å². The topological polar surface area (TPSA) is 72.5 Å². The summed E-state index contributed by atoms with van der Waals surface area (Å²) < 4.78 is 18.7. The average Bonchev–Trinajstić information content (AvgIpc) is 2.39. The largest absolute Gasteiger partial charge is 0.488 e. The number of ether oxygens (including phenoxy) is 1. The number of hydrogen-bond acceptors (Lipinski definition) is 3. The molecule has 0 fully saturated rings. The first-order valence-corrected chi connectivity index (χ1v) is 6.05. The lowest BCUT2D eigenvalue weighted by atomic mass is 10.1. The molecular weight excluding hydrogens is 285 g/mol. The molecule has 0 heterocycles. The number of halogens is 2. The Morgan fingerprint density at radius 1 is 1.35 bits per heavy atom. The van der Waals surface area contributed by atoms with E-state index in [4.69, 9.17) is 27.2 Å². The van der Waals surface area contributed by atoms with E-state index in [0.717, 1.165) is 0 Å². The van der Waals surface area contributed by atoms with Crippen molar-refractivity contribution in [2.75, 3.05) is 5.73 Å². The highest BCUT2D eigenvalue weighted by Gasteiger charge is 2.15. The van der Waals surface area contributed by atoms with Crippen molar-refractivity contribution in [2.45, 2.75) is 6.61 Å². The number of benzene rings is 2. The molecule has 0 aromatic heterocycles. The van der Waals surface area contributed by atoms with Gasteiger partial charge in [0.1, 0.15) is 23.7 Å². The number of carbonyl (C=O) groups is 1. The Labute approximate surface area is 119 Å². The van der Waals surface area contributed by atoms with E-state index < -0.39 is 11.8 Å². The van der Waals surface area contributed by atoms with Crippen molar-refractivity contribution in [3.63, 3.8) is 0 Å². The lowest BCUT2D eigenvalue weighted by molar-refractivity contribution is 0.0693. The fourth-order valence-corrected chi connectivity index (χ4v) is 1.81. The Balaban J connectivity index is 2.21. The second kappa shape index (κ2) is 5.79. The van der Waals surface area contributed by atoms with Crippen LogP contribution in [-0.4, -0.2) is 11.1 Å². The van der Waals surface area contributed by atoms with E-state index in [1.807, 2.05) is 0 Å². The third-order valence-corrected chi connectivity index (χ3v) is 2.96. The molecular formula is C14H11ClFNO3. The van der Waals surface area contributed by atoms with E-state index in [1.165, 1.54) is 24.3 Å². The Hall–Kier alpha value is -2.27. The predicted molar refractivity (Wildman–Crippen MR) is 73.6 cm³/mol. The van der Waals surface area contributed by atoms with Crippen LogP contribution in [0.3, 0.4) is 0 Å². The molecule has 0 unspecified atom stereocenters. The van der Waals surface area contributed by atoms with E-state index in [1.54, 1.807) is 12.1 Å².